The standard InChI is InChI=1S/C22H25ClN2O2/c1-22(2,3)15-7-5-14(6-8-15)17(13-16-9-12-20(26)25(16)4)19-11-10-18(23)21(27)24-19/h5-8,10-11,13,16H,9,12H2,1-4H3,(H,24,27)/b17-13-/t16-/m1/s1. The Balaban J connectivity index is 2.08. The molecule has 2 aromatic rings. The van der Waals surface area contributed by atoms with Gasteiger partial charge in [0.1, 0.15) is 5.02 Å². The van der Waals surface area contributed by atoms with Crippen molar-refractivity contribution in [2.45, 2.75) is 45.1 Å². The van der Waals surface area contributed by atoms with Crippen LogP contribution in [0.3, 0.4) is 0 Å². The Bertz CT molecular complexity index is 936. The minimum atomic E-state index is -0.317. The van der Waals surface area contributed by atoms with Crippen molar-refractivity contribution in [1.82, 2.24) is 9.88 Å². The van der Waals surface area contributed by atoms with Gasteiger partial charge >= 0.3 is 0 Å². The normalized spacial score (nSPS) is 18.3. The number of likely N-dealkylation sites (tertiary alicyclic amines) is 1. The second kappa shape index (κ2) is 7.35. The van der Waals surface area contributed by atoms with Crippen molar-refractivity contribution in [1.29, 1.82) is 0 Å². The molecule has 1 aromatic carbocycles. The minimum absolute atomic E-state index is 0.00831. The molecule has 1 fully saturated rings. The van der Waals surface area contributed by atoms with Crippen LogP contribution in [0.4, 0.5) is 0 Å². The predicted molar refractivity (Wildman–Crippen MR) is 110 cm³/mol. The molecule has 1 aromatic heterocycles. The van der Waals surface area contributed by atoms with Gasteiger partial charge in [-0.05, 0) is 35.1 Å². The van der Waals surface area contributed by atoms with E-state index in [0.29, 0.717) is 12.1 Å². The molecule has 2 heterocycles. The van der Waals surface area contributed by atoms with Gasteiger partial charge in [0.05, 0.1) is 6.04 Å². The Morgan fingerprint density at radius 3 is 2.33 bits per heavy atom. The van der Waals surface area contributed by atoms with Gasteiger partial charge in [-0.15, -0.1) is 0 Å². The number of hydrogen-bond donors (Lipinski definition) is 1. The van der Waals surface area contributed by atoms with Crippen LogP contribution in [0.15, 0.2) is 47.3 Å². The highest BCUT2D eigenvalue weighted by atomic mass is 35.5. The Morgan fingerprint density at radius 2 is 1.81 bits per heavy atom. The number of aromatic amines is 1. The Morgan fingerprint density at radius 1 is 1.15 bits per heavy atom. The van der Waals surface area contributed by atoms with Gasteiger partial charge in [0, 0.05) is 24.7 Å². The molecule has 0 spiro atoms. The highest BCUT2D eigenvalue weighted by Gasteiger charge is 2.27. The Hall–Kier alpha value is -2.33. The van der Waals surface area contributed by atoms with E-state index >= 15 is 0 Å². The maximum atomic E-state index is 12.0. The number of likely N-dealkylation sites (N-methyl/N-ethyl adjacent to an activating group) is 1. The fourth-order valence-electron chi connectivity index (χ4n) is 3.32. The smallest absolute Gasteiger partial charge is 0.267 e. The molecule has 1 aliphatic heterocycles. The maximum absolute atomic E-state index is 12.0. The van der Waals surface area contributed by atoms with Gasteiger partial charge in [0.2, 0.25) is 5.91 Å². The molecule has 1 saturated heterocycles. The van der Waals surface area contributed by atoms with E-state index in [-0.39, 0.29) is 27.9 Å². The van der Waals surface area contributed by atoms with Gasteiger partial charge in [0.15, 0.2) is 0 Å². The van der Waals surface area contributed by atoms with E-state index in [1.54, 1.807) is 11.0 Å². The molecule has 27 heavy (non-hydrogen) atoms. The van der Waals surface area contributed by atoms with Crippen LogP contribution in [0.5, 0.6) is 0 Å². The topological polar surface area (TPSA) is 53.2 Å². The van der Waals surface area contributed by atoms with Crippen LogP contribution < -0.4 is 5.56 Å². The summed E-state index contributed by atoms with van der Waals surface area (Å²) in [5, 5.41) is 0.161. The largest absolute Gasteiger partial charge is 0.339 e. The molecule has 0 aliphatic carbocycles. The third-order valence-electron chi connectivity index (χ3n) is 5.12. The Labute approximate surface area is 164 Å². The van der Waals surface area contributed by atoms with Crippen molar-refractivity contribution in [3.8, 4) is 0 Å². The predicted octanol–water partition coefficient (Wildman–Crippen LogP) is 4.38. The monoisotopic (exact) mass is 384 g/mol. The summed E-state index contributed by atoms with van der Waals surface area (Å²) in [7, 11) is 1.82. The second-order valence-electron chi connectivity index (χ2n) is 8.07. The van der Waals surface area contributed by atoms with E-state index in [4.69, 9.17) is 11.6 Å². The van der Waals surface area contributed by atoms with Gasteiger partial charge < -0.3 is 9.88 Å². The van der Waals surface area contributed by atoms with E-state index in [0.717, 1.165) is 17.6 Å². The van der Waals surface area contributed by atoms with E-state index in [1.165, 1.54) is 5.56 Å². The summed E-state index contributed by atoms with van der Waals surface area (Å²) < 4.78 is 0. The van der Waals surface area contributed by atoms with E-state index in [9.17, 15) is 9.59 Å². The highest BCUT2D eigenvalue weighted by molar-refractivity contribution is 6.30. The van der Waals surface area contributed by atoms with Crippen LogP contribution >= 0.6 is 11.6 Å². The zero-order valence-electron chi connectivity index (χ0n) is 16.2. The first-order valence-corrected chi connectivity index (χ1v) is 9.52. The molecule has 0 radical (unpaired) electrons. The minimum Gasteiger partial charge on any atom is -0.339 e. The molecule has 1 aliphatic rings. The van der Waals surface area contributed by atoms with Crippen molar-refractivity contribution in [2.75, 3.05) is 7.05 Å². The average Bonchev–Trinajstić information content (AvgIpc) is 2.93. The van der Waals surface area contributed by atoms with Crippen LogP contribution in [0.2, 0.25) is 5.02 Å². The highest BCUT2D eigenvalue weighted by Crippen LogP contribution is 2.29. The van der Waals surface area contributed by atoms with Gasteiger partial charge in [-0.2, -0.15) is 0 Å². The lowest BCUT2D eigenvalue weighted by Gasteiger charge is -2.21. The molecule has 0 bridgehead atoms. The van der Waals surface area contributed by atoms with Gasteiger partial charge in [-0.25, -0.2) is 0 Å². The molecule has 1 N–H and O–H groups in total. The molecule has 3 rings (SSSR count). The lowest BCUT2D eigenvalue weighted by atomic mass is 9.86. The summed E-state index contributed by atoms with van der Waals surface area (Å²) in [6.07, 6.45) is 3.39. The lowest BCUT2D eigenvalue weighted by Crippen LogP contribution is -2.27. The molecule has 0 saturated carbocycles. The third-order valence-corrected chi connectivity index (χ3v) is 5.42. The number of pyridine rings is 1. The third kappa shape index (κ3) is 4.16. The number of carbonyl (C=O) groups excluding carboxylic acids is 1. The lowest BCUT2D eigenvalue weighted by molar-refractivity contribution is -0.127. The van der Waals surface area contributed by atoms with Gasteiger partial charge in [-0.1, -0.05) is 62.7 Å². The number of amides is 1. The number of H-pyrrole nitrogens is 1. The number of hydrogen-bond acceptors (Lipinski definition) is 2. The number of nitrogens with one attached hydrogen (secondary N) is 1. The number of benzene rings is 1. The second-order valence-corrected chi connectivity index (χ2v) is 8.47. The molecule has 1 amide bonds. The number of halogens is 1. The molecular formula is C22H25ClN2O2. The quantitative estimate of drug-likeness (QED) is 0.853. The first kappa shape index (κ1) is 19.4. The SMILES string of the molecule is CN1C(=O)CC[C@@H]1/C=C(/c1ccc(C(C)(C)C)cc1)c1ccc(Cl)c(=O)[nH]1. The molecule has 4 nitrogen and oxygen atoms in total. The summed E-state index contributed by atoms with van der Waals surface area (Å²) in [6, 6.07) is 11.8. The van der Waals surface area contributed by atoms with Crippen LogP contribution in [0, 0.1) is 0 Å². The van der Waals surface area contributed by atoms with E-state index < -0.39 is 0 Å². The number of aromatic nitrogens is 1. The van der Waals surface area contributed by atoms with Crippen LogP contribution in [-0.4, -0.2) is 28.9 Å². The Kier molecular flexibility index (Phi) is 5.29. The van der Waals surface area contributed by atoms with Crippen molar-refractivity contribution >= 4 is 23.1 Å². The molecule has 0 unspecified atom stereocenters. The molecular weight excluding hydrogens is 360 g/mol. The van der Waals surface area contributed by atoms with Gasteiger partial charge in [-0.3, -0.25) is 9.59 Å². The van der Waals surface area contributed by atoms with Crippen molar-refractivity contribution in [3.63, 3.8) is 0 Å². The number of nitrogens with zero attached hydrogens (tertiary/aromatic N) is 1. The number of rotatable bonds is 3. The van der Waals surface area contributed by atoms with Crippen LogP contribution in [0.25, 0.3) is 5.57 Å². The zero-order valence-corrected chi connectivity index (χ0v) is 16.9. The van der Waals surface area contributed by atoms with Crippen molar-refractivity contribution in [2.24, 2.45) is 0 Å². The van der Waals surface area contributed by atoms with Crippen LogP contribution in [0.1, 0.15) is 50.4 Å². The summed E-state index contributed by atoms with van der Waals surface area (Å²) >= 11 is 5.90. The van der Waals surface area contributed by atoms with Crippen molar-refractivity contribution < 1.29 is 4.79 Å². The summed E-state index contributed by atoms with van der Waals surface area (Å²) in [5.74, 6) is 0.142. The first-order valence-electron chi connectivity index (χ1n) is 9.14. The molecule has 1 atom stereocenters. The zero-order chi connectivity index (χ0) is 19.8. The number of carbonyl (C=O) groups is 1. The molecule has 5 heteroatoms. The fourth-order valence-corrected chi connectivity index (χ4v) is 3.43. The van der Waals surface area contributed by atoms with E-state index in [1.807, 2.05) is 13.1 Å². The average molecular weight is 385 g/mol. The summed E-state index contributed by atoms with van der Waals surface area (Å²) in [5.41, 5.74) is 3.57. The maximum Gasteiger partial charge on any atom is 0.267 e. The van der Waals surface area contributed by atoms with Gasteiger partial charge in [0.25, 0.3) is 5.56 Å². The first-order chi connectivity index (χ1) is 12.7. The molecule has 142 valence electrons. The van der Waals surface area contributed by atoms with Crippen LogP contribution in [-0.2, 0) is 10.2 Å². The fraction of sp³-hybridized carbons (Fsp3) is 0.364. The summed E-state index contributed by atoms with van der Waals surface area (Å²) in [6.45, 7) is 6.53. The van der Waals surface area contributed by atoms with Crippen molar-refractivity contribution in [3.05, 3.63) is 74.7 Å². The summed E-state index contributed by atoms with van der Waals surface area (Å²) in [4.78, 5) is 28.6. The van der Waals surface area contributed by atoms with E-state index in [2.05, 4.69) is 56.1 Å².